The van der Waals surface area contributed by atoms with Gasteiger partial charge in [-0.25, -0.2) is 4.79 Å². The van der Waals surface area contributed by atoms with Gasteiger partial charge in [0.05, 0.1) is 11.3 Å². The zero-order chi connectivity index (χ0) is 28.0. The number of anilines is 3. The van der Waals surface area contributed by atoms with Gasteiger partial charge in [0, 0.05) is 16.9 Å². The molecule has 1 aliphatic heterocycles. The van der Waals surface area contributed by atoms with Crippen molar-refractivity contribution in [2.45, 2.75) is 39.0 Å². The lowest BCUT2D eigenvalue weighted by atomic mass is 9.98. The van der Waals surface area contributed by atoms with Crippen LogP contribution in [0.15, 0.2) is 96.2 Å². The Morgan fingerprint density at radius 1 is 0.974 bits per heavy atom. The molecule has 1 unspecified atom stereocenters. The summed E-state index contributed by atoms with van der Waals surface area (Å²) in [4.78, 5) is 25.4. The van der Waals surface area contributed by atoms with E-state index >= 15 is 0 Å². The lowest BCUT2D eigenvalue weighted by Gasteiger charge is -2.26. The number of para-hydroxylation sites is 1. The summed E-state index contributed by atoms with van der Waals surface area (Å²) in [7, 11) is 0. The largest absolute Gasteiger partial charge is 0.436 e. The average molecular weight is 536 g/mol. The van der Waals surface area contributed by atoms with Crippen LogP contribution in [0.4, 0.5) is 35.0 Å². The third-order valence-electron chi connectivity index (χ3n) is 6.06. The maximum Gasteiger partial charge on any atom is 0.416 e. The molecule has 3 N–H and O–H groups in total. The van der Waals surface area contributed by atoms with E-state index in [-0.39, 0.29) is 12.1 Å². The summed E-state index contributed by atoms with van der Waals surface area (Å²) in [6, 6.07) is 20.9. The molecule has 1 heterocycles. The Balaban J connectivity index is 1.65. The van der Waals surface area contributed by atoms with Gasteiger partial charge < -0.3 is 15.4 Å². The zero-order valence-electron chi connectivity index (χ0n) is 21.4. The molecule has 0 spiro atoms. The minimum absolute atomic E-state index is 0.143. The molecule has 39 heavy (non-hydrogen) atoms. The molecule has 0 saturated carbocycles. The number of aryl methyl sites for hydroxylation is 1. The molecule has 9 heteroatoms. The standard InChI is InChI=1S/C30H28F3N3O3/c1-3-9-21(30(31,32)33)18-26(34-22-12-7-10-19(4-2)16-22)28(37)35-23-13-8-11-20(17-23)27-24-14-5-6-15-25(24)36-29(38)39-27/h5-18,27,34H,3-4H2,1-2H3,(H,35,37)(H,36,38)/b21-9-,26-18-. The number of benzene rings is 3. The number of cyclic esters (lactones) is 1. The lowest BCUT2D eigenvalue weighted by molar-refractivity contribution is -0.112. The van der Waals surface area contributed by atoms with Crippen LogP contribution in [0.5, 0.6) is 0 Å². The first-order valence-electron chi connectivity index (χ1n) is 12.5. The summed E-state index contributed by atoms with van der Waals surface area (Å²) < 4.78 is 46.6. The Hall–Kier alpha value is -4.53. The monoisotopic (exact) mass is 535 g/mol. The van der Waals surface area contributed by atoms with Crippen LogP contribution in [0.2, 0.25) is 0 Å². The Bertz CT molecular complexity index is 1430. The molecule has 1 atom stereocenters. The molecule has 3 aromatic carbocycles. The van der Waals surface area contributed by atoms with Gasteiger partial charge in [-0.15, -0.1) is 0 Å². The van der Waals surface area contributed by atoms with E-state index in [2.05, 4.69) is 16.0 Å². The van der Waals surface area contributed by atoms with E-state index in [1.807, 2.05) is 25.1 Å². The van der Waals surface area contributed by atoms with Crippen LogP contribution in [0.1, 0.15) is 43.1 Å². The van der Waals surface area contributed by atoms with Crippen LogP contribution in [0.25, 0.3) is 0 Å². The number of nitrogens with one attached hydrogen (secondary N) is 3. The van der Waals surface area contributed by atoms with E-state index < -0.39 is 29.9 Å². The average Bonchev–Trinajstić information content (AvgIpc) is 2.91. The summed E-state index contributed by atoms with van der Waals surface area (Å²) in [6.45, 7) is 3.55. The topological polar surface area (TPSA) is 79.5 Å². The number of carbonyl (C=O) groups is 2. The number of carbonyl (C=O) groups excluding carboxylic acids is 2. The van der Waals surface area contributed by atoms with E-state index in [9.17, 15) is 22.8 Å². The quantitative estimate of drug-likeness (QED) is 0.204. The number of alkyl halides is 3. The van der Waals surface area contributed by atoms with Crippen LogP contribution in [0.3, 0.4) is 0 Å². The second kappa shape index (κ2) is 11.9. The van der Waals surface area contributed by atoms with Crippen molar-refractivity contribution < 1.29 is 27.5 Å². The molecule has 1 aliphatic rings. The highest BCUT2D eigenvalue weighted by molar-refractivity contribution is 6.06. The lowest BCUT2D eigenvalue weighted by Crippen LogP contribution is -2.25. The number of fused-ring (bicyclic) bond motifs is 1. The third-order valence-corrected chi connectivity index (χ3v) is 6.06. The second-order valence-electron chi connectivity index (χ2n) is 8.88. The number of rotatable bonds is 8. The minimum atomic E-state index is -4.64. The molecule has 0 saturated heterocycles. The number of ether oxygens (including phenoxy) is 1. The number of hydrogen-bond acceptors (Lipinski definition) is 4. The summed E-state index contributed by atoms with van der Waals surface area (Å²) >= 11 is 0. The van der Waals surface area contributed by atoms with Crippen LogP contribution in [-0.2, 0) is 16.0 Å². The van der Waals surface area contributed by atoms with Gasteiger partial charge in [-0.05, 0) is 60.4 Å². The Morgan fingerprint density at radius 3 is 2.41 bits per heavy atom. The molecule has 202 valence electrons. The van der Waals surface area contributed by atoms with E-state index in [1.165, 1.54) is 0 Å². The van der Waals surface area contributed by atoms with Crippen LogP contribution in [0, 0.1) is 0 Å². The van der Waals surface area contributed by atoms with Crippen molar-refractivity contribution >= 4 is 29.1 Å². The Kier molecular flexibility index (Phi) is 8.39. The molecular formula is C30H28F3N3O3. The molecular weight excluding hydrogens is 507 g/mol. The number of allylic oxidation sites excluding steroid dienone is 3. The number of amides is 2. The van der Waals surface area contributed by atoms with Crippen molar-refractivity contribution in [2.24, 2.45) is 0 Å². The van der Waals surface area contributed by atoms with E-state index in [0.717, 1.165) is 29.7 Å². The molecule has 6 nitrogen and oxygen atoms in total. The first-order valence-corrected chi connectivity index (χ1v) is 12.5. The first-order chi connectivity index (χ1) is 18.7. The molecule has 0 fully saturated rings. The molecule has 0 radical (unpaired) electrons. The van der Waals surface area contributed by atoms with Gasteiger partial charge in [0.2, 0.25) is 0 Å². The molecule has 3 aromatic rings. The Labute approximate surface area is 224 Å². The first kappa shape index (κ1) is 27.5. The molecule has 4 rings (SSSR count). The van der Waals surface area contributed by atoms with E-state index in [1.54, 1.807) is 61.5 Å². The van der Waals surface area contributed by atoms with E-state index in [0.29, 0.717) is 22.6 Å². The van der Waals surface area contributed by atoms with Gasteiger partial charge in [-0.3, -0.25) is 10.1 Å². The normalized spacial score (nSPS) is 15.6. The van der Waals surface area contributed by atoms with Crippen LogP contribution >= 0.6 is 0 Å². The van der Waals surface area contributed by atoms with Crippen LogP contribution in [-0.4, -0.2) is 18.2 Å². The number of halogens is 3. The van der Waals surface area contributed by atoms with Crippen molar-refractivity contribution in [2.75, 3.05) is 16.0 Å². The predicted octanol–water partition coefficient (Wildman–Crippen LogP) is 7.73. The van der Waals surface area contributed by atoms with Gasteiger partial charge in [0.25, 0.3) is 5.91 Å². The third kappa shape index (κ3) is 6.87. The van der Waals surface area contributed by atoms with Gasteiger partial charge in [0.15, 0.2) is 6.10 Å². The summed E-state index contributed by atoms with van der Waals surface area (Å²) in [6.07, 6.45) is -3.26. The van der Waals surface area contributed by atoms with E-state index in [4.69, 9.17) is 4.74 Å². The number of hydrogen-bond donors (Lipinski definition) is 3. The molecule has 2 amide bonds. The van der Waals surface area contributed by atoms with Crippen molar-refractivity contribution in [1.29, 1.82) is 0 Å². The van der Waals surface area contributed by atoms with Crippen molar-refractivity contribution in [3.63, 3.8) is 0 Å². The summed E-state index contributed by atoms with van der Waals surface area (Å²) in [5.74, 6) is -0.761. The maximum absolute atomic E-state index is 13.7. The van der Waals surface area contributed by atoms with Crippen molar-refractivity contribution in [3.05, 3.63) is 113 Å². The SMILES string of the molecule is CC/C=C(/C=C(\Nc1cccc(CC)c1)C(=O)Nc1cccc(C2OC(=O)Nc3ccccc32)c1)C(F)(F)F. The smallest absolute Gasteiger partial charge is 0.416 e. The van der Waals surface area contributed by atoms with Gasteiger partial charge in [-0.1, -0.05) is 62.4 Å². The minimum Gasteiger partial charge on any atom is -0.436 e. The highest BCUT2D eigenvalue weighted by Gasteiger charge is 2.33. The van der Waals surface area contributed by atoms with Crippen LogP contribution < -0.4 is 16.0 Å². The van der Waals surface area contributed by atoms with Crippen molar-refractivity contribution in [1.82, 2.24) is 0 Å². The maximum atomic E-state index is 13.7. The molecule has 0 bridgehead atoms. The summed E-state index contributed by atoms with van der Waals surface area (Å²) in [5.41, 5.74) is 2.51. The fourth-order valence-electron chi connectivity index (χ4n) is 4.19. The zero-order valence-corrected chi connectivity index (χ0v) is 21.4. The molecule has 0 aromatic heterocycles. The van der Waals surface area contributed by atoms with Gasteiger partial charge in [0.1, 0.15) is 5.70 Å². The summed E-state index contributed by atoms with van der Waals surface area (Å²) in [5, 5.41) is 8.20. The highest BCUT2D eigenvalue weighted by Crippen LogP contribution is 2.36. The highest BCUT2D eigenvalue weighted by atomic mass is 19.4. The fraction of sp³-hybridized carbons (Fsp3) is 0.200. The second-order valence-corrected chi connectivity index (χ2v) is 8.88. The van der Waals surface area contributed by atoms with Gasteiger partial charge in [-0.2, -0.15) is 13.2 Å². The predicted molar refractivity (Wildman–Crippen MR) is 145 cm³/mol. The Morgan fingerprint density at radius 2 is 1.69 bits per heavy atom. The van der Waals surface area contributed by atoms with Crippen molar-refractivity contribution in [3.8, 4) is 0 Å². The van der Waals surface area contributed by atoms with Gasteiger partial charge >= 0.3 is 12.3 Å². The molecule has 0 aliphatic carbocycles. The fourth-order valence-corrected chi connectivity index (χ4v) is 4.19.